The summed E-state index contributed by atoms with van der Waals surface area (Å²) >= 11 is 0. The van der Waals surface area contributed by atoms with Crippen molar-refractivity contribution in [2.75, 3.05) is 6.61 Å². The van der Waals surface area contributed by atoms with Crippen LogP contribution in [0.25, 0.3) is 0 Å². The predicted molar refractivity (Wildman–Crippen MR) is 125 cm³/mol. The fourth-order valence-electron chi connectivity index (χ4n) is 5.37. The number of benzene rings is 1. The molecular formula is C28H36O4. The number of carbonyl (C=O) groups excluding carboxylic acids is 2. The predicted octanol–water partition coefficient (Wildman–Crippen LogP) is 6.66. The van der Waals surface area contributed by atoms with Crippen LogP contribution < -0.4 is 4.74 Å². The Balaban J connectivity index is 1.83. The molecule has 0 bridgehead atoms. The highest BCUT2D eigenvalue weighted by Gasteiger charge is 2.48. The van der Waals surface area contributed by atoms with E-state index in [0.717, 1.165) is 42.1 Å². The first-order valence-electron chi connectivity index (χ1n) is 12.0. The fourth-order valence-corrected chi connectivity index (χ4v) is 5.37. The lowest BCUT2D eigenvalue weighted by Crippen LogP contribution is -2.37. The summed E-state index contributed by atoms with van der Waals surface area (Å²) < 4.78 is 12.6. The number of carbonyl (C=O) groups is 2. The van der Waals surface area contributed by atoms with Crippen LogP contribution in [0.5, 0.6) is 5.75 Å². The summed E-state index contributed by atoms with van der Waals surface area (Å²) in [5.41, 5.74) is 1.95. The number of Topliss-reactive ketones (excluding diaryl/α,β-unsaturated/α-hetero) is 2. The smallest absolute Gasteiger partial charge is 0.163 e. The number of unbranched alkanes of at least 4 members (excludes halogenated alkanes) is 2. The summed E-state index contributed by atoms with van der Waals surface area (Å²) in [7, 11) is 0. The minimum Gasteiger partial charge on any atom is -0.493 e. The number of hydrogen-bond acceptors (Lipinski definition) is 4. The van der Waals surface area contributed by atoms with Crippen LogP contribution in [-0.2, 0) is 14.3 Å². The minimum absolute atomic E-state index is 0.0891. The Morgan fingerprint density at radius 3 is 2.00 bits per heavy atom. The van der Waals surface area contributed by atoms with Gasteiger partial charge in [0.25, 0.3) is 0 Å². The lowest BCUT2D eigenvalue weighted by molar-refractivity contribution is -0.120. The van der Waals surface area contributed by atoms with Gasteiger partial charge in [-0.05, 0) is 23.3 Å². The Hall–Kier alpha value is -2.36. The molecule has 0 saturated heterocycles. The van der Waals surface area contributed by atoms with Gasteiger partial charge in [0.2, 0.25) is 0 Å². The Morgan fingerprint density at radius 2 is 1.44 bits per heavy atom. The second kappa shape index (κ2) is 8.53. The van der Waals surface area contributed by atoms with Crippen molar-refractivity contribution < 1.29 is 19.1 Å². The van der Waals surface area contributed by atoms with Crippen molar-refractivity contribution in [1.82, 2.24) is 0 Å². The molecule has 0 amide bonds. The molecule has 4 heteroatoms. The summed E-state index contributed by atoms with van der Waals surface area (Å²) in [4.78, 5) is 26.9. The highest BCUT2D eigenvalue weighted by Crippen LogP contribution is 2.54. The van der Waals surface area contributed by atoms with Gasteiger partial charge in [-0.15, -0.1) is 0 Å². The van der Waals surface area contributed by atoms with Gasteiger partial charge in [0, 0.05) is 42.4 Å². The van der Waals surface area contributed by atoms with Gasteiger partial charge in [0.05, 0.1) is 12.5 Å². The van der Waals surface area contributed by atoms with Gasteiger partial charge in [-0.1, -0.05) is 65.7 Å². The molecule has 0 unspecified atom stereocenters. The van der Waals surface area contributed by atoms with E-state index in [1.165, 1.54) is 0 Å². The lowest BCUT2D eigenvalue weighted by Gasteiger charge is -2.43. The molecule has 4 rings (SSSR count). The van der Waals surface area contributed by atoms with Gasteiger partial charge < -0.3 is 9.47 Å². The summed E-state index contributed by atoms with van der Waals surface area (Å²) in [6.45, 7) is 11.2. The van der Waals surface area contributed by atoms with Crippen molar-refractivity contribution in [3.63, 3.8) is 0 Å². The average Bonchev–Trinajstić information content (AvgIpc) is 2.68. The Kier molecular flexibility index (Phi) is 6.08. The van der Waals surface area contributed by atoms with E-state index in [-0.39, 0.29) is 22.4 Å². The zero-order valence-electron chi connectivity index (χ0n) is 20.2. The first-order chi connectivity index (χ1) is 15.1. The van der Waals surface area contributed by atoms with Crippen molar-refractivity contribution in [2.45, 2.75) is 85.5 Å². The molecule has 172 valence electrons. The maximum atomic E-state index is 13.4. The second-order valence-electron chi connectivity index (χ2n) is 11.2. The number of hydrogen-bond donors (Lipinski definition) is 0. The molecule has 2 aliphatic carbocycles. The van der Waals surface area contributed by atoms with Crippen molar-refractivity contribution in [3.8, 4) is 5.75 Å². The van der Waals surface area contributed by atoms with Crippen LogP contribution in [0.2, 0.25) is 0 Å². The SMILES string of the molecule is CCCCCOc1ccccc1C1C2=C(CC(C)(C)CC2=O)OC2=C1C(=O)CC(C)(C)C2. The summed E-state index contributed by atoms with van der Waals surface area (Å²) in [6.07, 6.45) is 5.57. The van der Waals surface area contributed by atoms with Crippen molar-refractivity contribution in [1.29, 1.82) is 0 Å². The molecule has 4 nitrogen and oxygen atoms in total. The molecule has 1 aromatic carbocycles. The van der Waals surface area contributed by atoms with Crippen LogP contribution in [-0.4, -0.2) is 18.2 Å². The minimum atomic E-state index is -0.400. The van der Waals surface area contributed by atoms with E-state index in [1.807, 2.05) is 24.3 Å². The quantitative estimate of drug-likeness (QED) is 0.468. The van der Waals surface area contributed by atoms with E-state index in [2.05, 4.69) is 34.6 Å². The summed E-state index contributed by atoms with van der Waals surface area (Å²) in [5.74, 6) is 2.05. The molecule has 1 aromatic rings. The molecule has 32 heavy (non-hydrogen) atoms. The van der Waals surface area contributed by atoms with Gasteiger partial charge in [-0.25, -0.2) is 0 Å². The average molecular weight is 437 g/mol. The zero-order chi connectivity index (χ0) is 23.1. The van der Waals surface area contributed by atoms with Crippen LogP contribution in [0.15, 0.2) is 46.9 Å². The monoisotopic (exact) mass is 436 g/mol. The standard InChI is InChI=1S/C28H36O4/c1-6-7-10-13-31-21-12-9-8-11-18(21)24-25-19(29)14-27(2,3)16-22(25)32-23-17-28(4,5)15-20(30)26(23)24/h8-9,11-12,24H,6-7,10,13-17H2,1-5H3. The van der Waals surface area contributed by atoms with Gasteiger partial charge in [0.15, 0.2) is 11.6 Å². The fraction of sp³-hybridized carbons (Fsp3) is 0.571. The Labute approximate surface area is 192 Å². The molecule has 0 aromatic heterocycles. The normalized spacial score (nSPS) is 22.4. The van der Waals surface area contributed by atoms with Crippen molar-refractivity contribution in [3.05, 3.63) is 52.5 Å². The molecule has 0 radical (unpaired) electrons. The lowest BCUT2D eigenvalue weighted by atomic mass is 9.65. The molecular weight excluding hydrogens is 400 g/mol. The molecule has 0 saturated carbocycles. The summed E-state index contributed by atoms with van der Waals surface area (Å²) in [6, 6.07) is 7.91. The number of rotatable bonds is 6. The van der Waals surface area contributed by atoms with E-state index in [4.69, 9.17) is 9.47 Å². The Morgan fingerprint density at radius 1 is 0.875 bits per heavy atom. The van der Waals surface area contributed by atoms with E-state index in [1.54, 1.807) is 0 Å². The van der Waals surface area contributed by atoms with Gasteiger partial charge in [-0.3, -0.25) is 9.59 Å². The van der Waals surface area contributed by atoms with Gasteiger partial charge in [-0.2, -0.15) is 0 Å². The highest BCUT2D eigenvalue weighted by atomic mass is 16.5. The van der Waals surface area contributed by atoms with E-state index < -0.39 is 5.92 Å². The third-order valence-electron chi connectivity index (χ3n) is 6.82. The largest absolute Gasteiger partial charge is 0.493 e. The summed E-state index contributed by atoms with van der Waals surface area (Å²) in [5, 5.41) is 0. The molecule has 0 N–H and O–H groups in total. The first kappa shape index (κ1) is 22.8. The topological polar surface area (TPSA) is 52.6 Å². The van der Waals surface area contributed by atoms with Crippen molar-refractivity contribution >= 4 is 11.6 Å². The number of allylic oxidation sites excluding steroid dienone is 4. The maximum absolute atomic E-state index is 13.4. The number of para-hydroxylation sites is 1. The number of ether oxygens (including phenoxy) is 2. The third kappa shape index (κ3) is 4.42. The zero-order valence-corrected chi connectivity index (χ0v) is 20.2. The molecule has 3 aliphatic rings. The van der Waals surface area contributed by atoms with E-state index in [9.17, 15) is 9.59 Å². The molecule has 0 atom stereocenters. The highest BCUT2D eigenvalue weighted by molar-refractivity contribution is 6.06. The Bertz CT molecular complexity index is 940. The van der Waals surface area contributed by atoms with Crippen molar-refractivity contribution in [2.24, 2.45) is 10.8 Å². The number of ketones is 2. The van der Waals surface area contributed by atoms with Gasteiger partial charge in [0.1, 0.15) is 17.3 Å². The maximum Gasteiger partial charge on any atom is 0.163 e. The molecule has 0 fully saturated rings. The third-order valence-corrected chi connectivity index (χ3v) is 6.82. The molecule has 1 heterocycles. The van der Waals surface area contributed by atoms with Crippen LogP contribution in [0, 0.1) is 10.8 Å². The van der Waals surface area contributed by atoms with Crippen LogP contribution in [0.3, 0.4) is 0 Å². The molecule has 0 spiro atoms. The first-order valence-corrected chi connectivity index (χ1v) is 12.0. The molecule has 1 aliphatic heterocycles. The van der Waals surface area contributed by atoms with Crippen LogP contribution in [0.1, 0.15) is 91.0 Å². The second-order valence-corrected chi connectivity index (χ2v) is 11.2. The van der Waals surface area contributed by atoms with Crippen LogP contribution in [0.4, 0.5) is 0 Å². The van der Waals surface area contributed by atoms with E-state index >= 15 is 0 Å². The van der Waals surface area contributed by atoms with Crippen LogP contribution >= 0.6 is 0 Å². The van der Waals surface area contributed by atoms with Gasteiger partial charge >= 0.3 is 0 Å². The van der Waals surface area contributed by atoms with E-state index in [0.29, 0.717) is 43.4 Å².